The predicted molar refractivity (Wildman–Crippen MR) is 55.6 cm³/mol. The molecule has 0 aromatic rings. The Morgan fingerprint density at radius 2 is 2.14 bits per heavy atom. The molecule has 0 saturated carbocycles. The zero-order valence-corrected chi connectivity index (χ0v) is 9.02. The van der Waals surface area contributed by atoms with Crippen LogP contribution in [0.15, 0.2) is 0 Å². The molecule has 1 N–H and O–H groups in total. The van der Waals surface area contributed by atoms with Gasteiger partial charge in [0.1, 0.15) is 0 Å². The highest BCUT2D eigenvalue weighted by atomic mass is 32.2. The van der Waals surface area contributed by atoms with Crippen LogP contribution in [0.25, 0.3) is 0 Å². The second-order valence-corrected chi connectivity index (χ2v) is 5.73. The zero-order valence-electron chi connectivity index (χ0n) is 8.20. The molecule has 2 heterocycles. The average Bonchev–Trinajstić information content (AvgIpc) is 2.19. The maximum Gasteiger partial charge on any atom is 0.306 e. The molecule has 2 fully saturated rings. The molecule has 1 spiro atoms. The number of hydrogen-bond acceptors (Lipinski definition) is 3. The highest BCUT2D eigenvalue weighted by Crippen LogP contribution is 2.45. The monoisotopic (exact) mass is 216 g/mol. The van der Waals surface area contributed by atoms with Gasteiger partial charge < -0.3 is 9.84 Å². The topological polar surface area (TPSA) is 46.5 Å². The first kappa shape index (κ1) is 10.3. The van der Waals surface area contributed by atoms with Crippen molar-refractivity contribution in [2.45, 2.75) is 30.4 Å². The van der Waals surface area contributed by atoms with Crippen molar-refractivity contribution in [3.05, 3.63) is 0 Å². The van der Waals surface area contributed by atoms with Crippen molar-refractivity contribution < 1.29 is 14.6 Å². The second-order valence-electron chi connectivity index (χ2n) is 4.17. The van der Waals surface area contributed by atoms with Crippen molar-refractivity contribution in [2.24, 2.45) is 5.92 Å². The molecule has 3 nitrogen and oxygen atoms in total. The molecule has 0 amide bonds. The van der Waals surface area contributed by atoms with E-state index in [-0.39, 0.29) is 10.7 Å². The van der Waals surface area contributed by atoms with Crippen molar-refractivity contribution in [3.63, 3.8) is 0 Å². The van der Waals surface area contributed by atoms with Gasteiger partial charge in [0.2, 0.25) is 0 Å². The van der Waals surface area contributed by atoms with E-state index >= 15 is 0 Å². The molecular weight excluding hydrogens is 200 g/mol. The maximum absolute atomic E-state index is 10.9. The average molecular weight is 216 g/mol. The first-order valence-electron chi connectivity index (χ1n) is 5.16. The van der Waals surface area contributed by atoms with Gasteiger partial charge in [-0.05, 0) is 31.4 Å². The minimum absolute atomic E-state index is 0.116. The van der Waals surface area contributed by atoms with E-state index in [0.29, 0.717) is 0 Å². The summed E-state index contributed by atoms with van der Waals surface area (Å²) < 4.78 is 5.55. The fourth-order valence-electron chi connectivity index (χ4n) is 2.33. The number of carbonyl (C=O) groups is 1. The fraction of sp³-hybridized carbons (Fsp3) is 0.900. The largest absolute Gasteiger partial charge is 0.481 e. The van der Waals surface area contributed by atoms with Crippen LogP contribution >= 0.6 is 11.8 Å². The number of ether oxygens (including phenoxy) is 1. The summed E-state index contributed by atoms with van der Waals surface area (Å²) in [5, 5.41) is 9.01. The third-order valence-corrected chi connectivity index (χ3v) is 4.87. The third-order valence-electron chi connectivity index (χ3n) is 3.25. The van der Waals surface area contributed by atoms with E-state index in [1.54, 1.807) is 0 Å². The van der Waals surface area contributed by atoms with Crippen molar-refractivity contribution in [3.8, 4) is 0 Å². The highest BCUT2D eigenvalue weighted by Gasteiger charge is 2.40. The van der Waals surface area contributed by atoms with Crippen LogP contribution in [0.5, 0.6) is 0 Å². The van der Waals surface area contributed by atoms with Crippen LogP contribution in [-0.2, 0) is 9.53 Å². The smallest absolute Gasteiger partial charge is 0.306 e. The SMILES string of the molecule is O=C(O)C1CCSC2(CCOCC2)C1. The highest BCUT2D eigenvalue weighted by molar-refractivity contribution is 8.00. The summed E-state index contributed by atoms with van der Waals surface area (Å²) in [7, 11) is 0. The Labute approximate surface area is 88.2 Å². The molecule has 0 radical (unpaired) electrons. The molecular formula is C10H16O3S. The lowest BCUT2D eigenvalue weighted by Gasteiger charge is -2.41. The van der Waals surface area contributed by atoms with Crippen molar-refractivity contribution in [2.75, 3.05) is 19.0 Å². The summed E-state index contributed by atoms with van der Waals surface area (Å²) in [6, 6.07) is 0. The van der Waals surface area contributed by atoms with Crippen LogP contribution in [0.2, 0.25) is 0 Å². The summed E-state index contributed by atoms with van der Waals surface area (Å²) in [6.07, 6.45) is 3.74. The van der Waals surface area contributed by atoms with E-state index in [1.807, 2.05) is 11.8 Å². The molecule has 4 heteroatoms. The molecule has 0 aromatic heterocycles. The van der Waals surface area contributed by atoms with E-state index in [0.717, 1.165) is 44.6 Å². The van der Waals surface area contributed by atoms with Gasteiger partial charge >= 0.3 is 5.97 Å². The zero-order chi connectivity index (χ0) is 10.0. The van der Waals surface area contributed by atoms with Gasteiger partial charge in [-0.15, -0.1) is 0 Å². The standard InChI is InChI=1S/C10H16O3S/c11-9(12)8-1-6-14-10(7-8)2-4-13-5-3-10/h8H,1-7H2,(H,11,12). The molecule has 0 aromatic carbocycles. The molecule has 2 saturated heterocycles. The molecule has 0 aliphatic carbocycles. The Morgan fingerprint density at radius 1 is 1.43 bits per heavy atom. The number of aliphatic carboxylic acids is 1. The summed E-state index contributed by atoms with van der Waals surface area (Å²) in [4.78, 5) is 10.9. The van der Waals surface area contributed by atoms with Crippen LogP contribution in [0, 0.1) is 5.92 Å². The number of carboxylic acid groups (broad SMARTS) is 1. The summed E-state index contributed by atoms with van der Waals surface area (Å²) in [6.45, 7) is 1.61. The Hall–Kier alpha value is -0.220. The van der Waals surface area contributed by atoms with Gasteiger partial charge in [0, 0.05) is 18.0 Å². The Bertz CT molecular complexity index is 218. The van der Waals surface area contributed by atoms with Crippen molar-refractivity contribution in [1.29, 1.82) is 0 Å². The van der Waals surface area contributed by atoms with Gasteiger partial charge in [0.15, 0.2) is 0 Å². The number of hydrogen-bond donors (Lipinski definition) is 1. The van der Waals surface area contributed by atoms with Crippen LogP contribution in [0.1, 0.15) is 25.7 Å². The summed E-state index contributed by atoms with van der Waals surface area (Å²) >= 11 is 1.96. The van der Waals surface area contributed by atoms with E-state index in [2.05, 4.69) is 0 Å². The van der Waals surface area contributed by atoms with Crippen LogP contribution in [0.4, 0.5) is 0 Å². The van der Waals surface area contributed by atoms with E-state index in [1.165, 1.54) is 0 Å². The lowest BCUT2D eigenvalue weighted by molar-refractivity contribution is -0.142. The van der Waals surface area contributed by atoms with Crippen LogP contribution < -0.4 is 0 Å². The van der Waals surface area contributed by atoms with Gasteiger partial charge in [0.25, 0.3) is 0 Å². The Balaban J connectivity index is 2.01. The van der Waals surface area contributed by atoms with Crippen LogP contribution in [-0.4, -0.2) is 34.8 Å². The lowest BCUT2D eigenvalue weighted by Crippen LogP contribution is -2.40. The van der Waals surface area contributed by atoms with Gasteiger partial charge in [-0.25, -0.2) is 0 Å². The molecule has 2 rings (SSSR count). The van der Waals surface area contributed by atoms with Crippen molar-refractivity contribution >= 4 is 17.7 Å². The summed E-state index contributed by atoms with van der Waals surface area (Å²) in [5.74, 6) is 0.266. The molecule has 14 heavy (non-hydrogen) atoms. The van der Waals surface area contributed by atoms with Gasteiger partial charge in [-0.1, -0.05) is 0 Å². The van der Waals surface area contributed by atoms with E-state index in [4.69, 9.17) is 9.84 Å². The predicted octanol–water partition coefficient (Wildman–Crippen LogP) is 1.76. The Morgan fingerprint density at radius 3 is 2.79 bits per heavy atom. The van der Waals surface area contributed by atoms with Crippen molar-refractivity contribution in [1.82, 2.24) is 0 Å². The van der Waals surface area contributed by atoms with Gasteiger partial charge in [-0.2, -0.15) is 11.8 Å². The van der Waals surface area contributed by atoms with Gasteiger partial charge in [0.05, 0.1) is 5.92 Å². The van der Waals surface area contributed by atoms with Gasteiger partial charge in [-0.3, -0.25) is 4.79 Å². The maximum atomic E-state index is 10.9. The van der Waals surface area contributed by atoms with E-state index < -0.39 is 5.97 Å². The quantitative estimate of drug-likeness (QED) is 0.725. The third kappa shape index (κ3) is 2.06. The lowest BCUT2D eigenvalue weighted by atomic mass is 9.86. The summed E-state index contributed by atoms with van der Waals surface area (Å²) in [5.41, 5.74) is 0. The molecule has 2 aliphatic heterocycles. The molecule has 1 unspecified atom stereocenters. The molecule has 0 bridgehead atoms. The first-order valence-corrected chi connectivity index (χ1v) is 6.15. The molecule has 1 atom stereocenters. The minimum atomic E-state index is -0.615. The van der Waals surface area contributed by atoms with E-state index in [9.17, 15) is 4.79 Å². The van der Waals surface area contributed by atoms with Crippen LogP contribution in [0.3, 0.4) is 0 Å². The Kier molecular flexibility index (Phi) is 3.02. The first-order chi connectivity index (χ1) is 6.72. The molecule has 2 aliphatic rings. The molecule has 80 valence electrons. The second kappa shape index (κ2) is 4.11. The fourth-order valence-corrected chi connectivity index (χ4v) is 3.94. The number of thioether (sulfide) groups is 1. The minimum Gasteiger partial charge on any atom is -0.481 e. The number of carboxylic acids is 1. The number of rotatable bonds is 1. The normalized spacial score (nSPS) is 31.6.